The van der Waals surface area contributed by atoms with E-state index in [1.807, 2.05) is 34.9 Å². The Hall–Kier alpha value is -2.61. The highest BCUT2D eigenvalue weighted by Gasteiger charge is 2.55. The Morgan fingerprint density at radius 1 is 1.25 bits per heavy atom. The van der Waals surface area contributed by atoms with Crippen molar-refractivity contribution in [1.82, 2.24) is 4.90 Å². The van der Waals surface area contributed by atoms with E-state index in [-0.39, 0.29) is 24.3 Å². The number of aliphatic hydroxyl groups is 1. The zero-order valence-corrected chi connectivity index (χ0v) is 22.4. The van der Waals surface area contributed by atoms with Crippen LogP contribution in [0.15, 0.2) is 35.3 Å². The number of benzene rings is 1. The Morgan fingerprint density at radius 2 is 1.97 bits per heavy atom. The molecule has 0 radical (unpaired) electrons. The maximum Gasteiger partial charge on any atom is 0.372 e. The minimum Gasteiger partial charge on any atom is -0.479 e. The summed E-state index contributed by atoms with van der Waals surface area (Å²) in [5, 5.41) is 10.5. The standard InChI is InChI=1S/C28H44N5O3/c1-4-5-15-28(23-10-9-18-33(2,3)20-23)26(35)32(27(29)30-28)19-22-13-16-31(17-14-22)25(34)21-36-24-11-7-6-8-12-24/h6-8,11-12,22-23H,4-5,9-10,13-21H2,1-3H3,(H2,29,30)/q+1/p+1. The lowest BCUT2D eigenvalue weighted by molar-refractivity contribution is -0.899. The summed E-state index contributed by atoms with van der Waals surface area (Å²) in [7, 11) is 4.52. The molecule has 3 aliphatic rings. The van der Waals surface area contributed by atoms with Crippen LogP contribution in [-0.4, -0.2) is 95.8 Å². The van der Waals surface area contributed by atoms with Crippen molar-refractivity contribution in [3.63, 3.8) is 0 Å². The number of nitrogens with zero attached hydrogens (tertiary/aromatic N) is 4. The first-order valence-corrected chi connectivity index (χ1v) is 13.7. The molecule has 2 atom stereocenters. The number of hydrogen-bond acceptors (Lipinski definition) is 4. The number of carbonyl (C=O) groups is 1. The second-order valence-corrected chi connectivity index (χ2v) is 11.5. The van der Waals surface area contributed by atoms with Gasteiger partial charge in [-0.3, -0.25) is 9.69 Å². The maximum absolute atomic E-state index is 14.0. The summed E-state index contributed by atoms with van der Waals surface area (Å²) in [6.45, 7) is 6.54. The van der Waals surface area contributed by atoms with E-state index in [2.05, 4.69) is 21.0 Å². The fraction of sp³-hybridized carbons (Fsp3) is 0.679. The summed E-state index contributed by atoms with van der Waals surface area (Å²) in [5.41, 5.74) is 5.76. The van der Waals surface area contributed by atoms with E-state index < -0.39 is 5.54 Å². The van der Waals surface area contributed by atoms with Crippen LogP contribution in [0.3, 0.4) is 0 Å². The first-order valence-electron chi connectivity index (χ1n) is 13.7. The van der Waals surface area contributed by atoms with E-state index in [1.165, 1.54) is 0 Å². The summed E-state index contributed by atoms with van der Waals surface area (Å²) in [6.07, 6.45) is 6.76. The number of quaternary nitrogens is 1. The van der Waals surface area contributed by atoms with Crippen molar-refractivity contribution in [1.29, 1.82) is 0 Å². The average Bonchev–Trinajstić information content (AvgIpc) is 3.11. The van der Waals surface area contributed by atoms with Gasteiger partial charge in [0.15, 0.2) is 11.5 Å². The molecule has 8 heteroatoms. The van der Waals surface area contributed by atoms with Crippen molar-refractivity contribution < 1.29 is 23.7 Å². The van der Waals surface area contributed by atoms with Crippen LogP contribution in [-0.2, 0) is 4.79 Å². The van der Waals surface area contributed by atoms with Gasteiger partial charge in [0.25, 0.3) is 5.91 Å². The predicted molar refractivity (Wildman–Crippen MR) is 142 cm³/mol. The molecular formula is C28H45N5O3+2. The molecule has 0 spiro atoms. The van der Waals surface area contributed by atoms with Gasteiger partial charge in [-0.05, 0) is 37.3 Å². The predicted octanol–water partition coefficient (Wildman–Crippen LogP) is 3.02. The normalized spacial score (nSPS) is 28.2. The van der Waals surface area contributed by atoms with Crippen LogP contribution < -0.4 is 10.5 Å². The van der Waals surface area contributed by atoms with Gasteiger partial charge in [-0.1, -0.05) is 38.0 Å². The van der Waals surface area contributed by atoms with Gasteiger partial charge in [0.2, 0.25) is 6.61 Å². The van der Waals surface area contributed by atoms with Gasteiger partial charge in [0.1, 0.15) is 18.8 Å². The third-order valence-corrected chi connectivity index (χ3v) is 8.36. The molecule has 4 rings (SSSR count). The molecule has 3 heterocycles. The molecule has 1 amide bonds. The van der Waals surface area contributed by atoms with Gasteiger partial charge in [0.05, 0.1) is 27.2 Å². The molecular weight excluding hydrogens is 454 g/mol. The number of piperidine rings is 2. The fourth-order valence-electron chi connectivity index (χ4n) is 6.23. The summed E-state index contributed by atoms with van der Waals surface area (Å²) >= 11 is 0. The second-order valence-electron chi connectivity index (χ2n) is 11.5. The molecule has 0 aromatic heterocycles. The van der Waals surface area contributed by atoms with E-state index >= 15 is 0 Å². The fourth-order valence-corrected chi connectivity index (χ4v) is 6.23. The van der Waals surface area contributed by atoms with Crippen LogP contribution in [0.25, 0.3) is 0 Å². The minimum absolute atomic E-state index is 0.119. The highest BCUT2D eigenvalue weighted by molar-refractivity contribution is 6.07. The largest absolute Gasteiger partial charge is 0.479 e. The average molecular weight is 500 g/mol. The lowest BCUT2D eigenvalue weighted by Crippen LogP contribution is -2.57. The minimum atomic E-state index is -0.697. The number of rotatable bonds is 9. The van der Waals surface area contributed by atoms with Gasteiger partial charge in [-0.15, -0.1) is 0 Å². The maximum atomic E-state index is 14.0. The number of amides is 1. The summed E-state index contributed by atoms with van der Waals surface area (Å²) < 4.78 is 8.62. The van der Waals surface area contributed by atoms with Crippen LogP contribution >= 0.6 is 0 Å². The molecule has 8 nitrogen and oxygen atoms in total. The molecule has 36 heavy (non-hydrogen) atoms. The first kappa shape index (κ1) is 26.5. The van der Waals surface area contributed by atoms with E-state index in [0.717, 1.165) is 81.4 Å². The Kier molecular flexibility index (Phi) is 8.23. The van der Waals surface area contributed by atoms with E-state index in [0.29, 0.717) is 18.4 Å². The number of guanidine groups is 1. The Labute approximate surface area is 216 Å². The third-order valence-electron chi connectivity index (χ3n) is 8.36. The van der Waals surface area contributed by atoms with Crippen molar-refractivity contribution in [2.45, 2.75) is 57.4 Å². The summed E-state index contributed by atoms with van der Waals surface area (Å²) in [5.74, 6) is 2.10. The van der Waals surface area contributed by atoms with Gasteiger partial charge in [-0.25, -0.2) is 4.99 Å². The number of unbranched alkanes of at least 4 members (excludes halogenated alkanes) is 1. The van der Waals surface area contributed by atoms with E-state index in [9.17, 15) is 9.90 Å². The molecule has 2 unspecified atom stereocenters. The molecule has 3 aliphatic heterocycles. The van der Waals surface area contributed by atoms with Crippen LogP contribution in [0.2, 0.25) is 0 Å². The van der Waals surface area contributed by atoms with E-state index in [1.54, 1.807) is 4.90 Å². The first-order chi connectivity index (χ1) is 17.2. The number of nitrogens with two attached hydrogens (primary N) is 1. The van der Waals surface area contributed by atoms with Crippen molar-refractivity contribution >= 4 is 17.8 Å². The van der Waals surface area contributed by atoms with Gasteiger partial charge >= 0.3 is 5.90 Å². The molecule has 0 aliphatic carbocycles. The Bertz CT molecular complexity index is 967. The van der Waals surface area contributed by atoms with Crippen molar-refractivity contribution in [3.8, 4) is 5.75 Å². The zero-order chi connectivity index (χ0) is 25.8. The smallest absolute Gasteiger partial charge is 0.372 e. The van der Waals surface area contributed by atoms with Crippen molar-refractivity contribution in [2.75, 3.05) is 53.4 Å². The lowest BCUT2D eigenvalue weighted by Gasteiger charge is -2.43. The molecule has 0 saturated carbocycles. The van der Waals surface area contributed by atoms with Gasteiger partial charge in [0, 0.05) is 25.3 Å². The molecule has 3 N–H and O–H groups in total. The summed E-state index contributed by atoms with van der Waals surface area (Å²) in [4.78, 5) is 20.7. The van der Waals surface area contributed by atoms with Crippen LogP contribution in [0.5, 0.6) is 5.75 Å². The van der Waals surface area contributed by atoms with Crippen LogP contribution in [0.4, 0.5) is 0 Å². The number of carbonyl (C=O) groups excluding carboxylic acids is 1. The monoisotopic (exact) mass is 499 g/mol. The molecule has 2 fully saturated rings. The highest BCUT2D eigenvalue weighted by atomic mass is 16.5. The number of para-hydroxylation sites is 1. The molecule has 2 saturated heterocycles. The Morgan fingerprint density at radius 3 is 2.64 bits per heavy atom. The van der Waals surface area contributed by atoms with Crippen LogP contribution in [0, 0.1) is 11.8 Å². The zero-order valence-electron chi connectivity index (χ0n) is 22.4. The van der Waals surface area contributed by atoms with Crippen molar-refractivity contribution in [2.24, 2.45) is 22.6 Å². The van der Waals surface area contributed by atoms with Crippen LogP contribution in [0.1, 0.15) is 51.9 Å². The quantitative estimate of drug-likeness (QED) is 0.310. The van der Waals surface area contributed by atoms with Gasteiger partial charge in [-0.2, -0.15) is 4.58 Å². The van der Waals surface area contributed by atoms with Crippen molar-refractivity contribution in [3.05, 3.63) is 30.3 Å². The molecule has 1 aromatic rings. The summed E-state index contributed by atoms with van der Waals surface area (Å²) in [6, 6.07) is 9.53. The Balaban J connectivity index is 1.38. The third kappa shape index (κ3) is 5.85. The number of aliphatic imine (C=N–C) groups is 1. The number of aliphatic hydroxyl groups excluding tert-OH is 1. The number of likely N-dealkylation sites (tertiary alicyclic amines) is 1. The topological polar surface area (TPSA) is 91.2 Å². The highest BCUT2D eigenvalue weighted by Crippen LogP contribution is 2.40. The molecule has 198 valence electrons. The SMILES string of the molecule is CCCCC1(C2CCC[N+](C)(C)C2)N=C(N)N(CC2CC[N+](=C(O)COc3ccccc3)CC2)C1=O. The number of hydrogen-bond donors (Lipinski definition) is 2. The second kappa shape index (κ2) is 11.2. The molecule has 0 bridgehead atoms. The molecule has 1 aromatic carbocycles. The van der Waals surface area contributed by atoms with Gasteiger partial charge < -0.3 is 20.1 Å². The lowest BCUT2D eigenvalue weighted by atomic mass is 9.75. The number of ether oxygens (including phenoxy) is 1. The van der Waals surface area contributed by atoms with E-state index in [4.69, 9.17) is 15.5 Å².